The van der Waals surface area contributed by atoms with Crippen molar-refractivity contribution >= 4 is 58.4 Å². The molecule has 0 saturated carbocycles. The highest BCUT2D eigenvalue weighted by Crippen LogP contribution is 2.35. The average molecular weight is 523 g/mol. The van der Waals surface area contributed by atoms with Gasteiger partial charge < -0.3 is 16.4 Å². The first-order chi connectivity index (χ1) is 15.3. The van der Waals surface area contributed by atoms with Gasteiger partial charge in [0.05, 0.1) is 15.5 Å². The van der Waals surface area contributed by atoms with E-state index in [0.29, 0.717) is 6.07 Å². The first-order valence-corrected chi connectivity index (χ1v) is 10.9. The maximum atomic E-state index is 13.0. The molecule has 0 radical (unpaired) electrons. The summed E-state index contributed by atoms with van der Waals surface area (Å²) in [5.41, 5.74) is 4.37. The first kappa shape index (κ1) is 26.7. The molecule has 14 heteroatoms. The molecule has 4 N–H and O–H groups in total. The summed E-state index contributed by atoms with van der Waals surface area (Å²) in [6, 6.07) is 0.199. The molecule has 2 aromatic rings. The Bertz CT molecular complexity index is 1080. The molecule has 178 valence electrons. The molecule has 2 heterocycles. The average Bonchev–Trinajstić information content (AvgIpc) is 2.73. The van der Waals surface area contributed by atoms with Gasteiger partial charge in [0.1, 0.15) is 23.0 Å². The number of anilines is 2. The minimum absolute atomic E-state index is 0.0377. The van der Waals surface area contributed by atoms with Crippen LogP contribution in [0, 0.1) is 0 Å². The van der Waals surface area contributed by atoms with Crippen molar-refractivity contribution in [2.75, 3.05) is 11.1 Å². The smallest absolute Gasteiger partial charge is 0.382 e. The van der Waals surface area contributed by atoms with E-state index < -0.39 is 34.6 Å². The number of amides is 2. The molecular formula is C19H19Cl2F3N6O2S. The van der Waals surface area contributed by atoms with Crippen LogP contribution in [0.3, 0.4) is 0 Å². The van der Waals surface area contributed by atoms with E-state index in [-0.39, 0.29) is 32.5 Å². The number of rotatable bonds is 7. The van der Waals surface area contributed by atoms with Gasteiger partial charge >= 0.3 is 6.18 Å². The molecule has 0 spiro atoms. The molecular weight excluding hydrogens is 504 g/mol. The minimum Gasteiger partial charge on any atom is -0.382 e. The molecule has 2 unspecified atom stereocenters. The highest BCUT2D eigenvalue weighted by atomic mass is 35.5. The van der Waals surface area contributed by atoms with Gasteiger partial charge in [0.15, 0.2) is 5.69 Å². The van der Waals surface area contributed by atoms with Gasteiger partial charge in [0.2, 0.25) is 0 Å². The van der Waals surface area contributed by atoms with Crippen molar-refractivity contribution in [2.45, 2.75) is 38.2 Å². The van der Waals surface area contributed by atoms with Gasteiger partial charge in [-0.1, -0.05) is 36.2 Å². The van der Waals surface area contributed by atoms with Gasteiger partial charge in [0.25, 0.3) is 11.8 Å². The number of carbonyl (C=O) groups excluding carboxylic acids is 2. The van der Waals surface area contributed by atoms with Crippen molar-refractivity contribution in [3.8, 4) is 0 Å². The molecule has 2 aromatic heterocycles. The molecule has 0 aromatic carbocycles. The Balaban J connectivity index is 2.05. The zero-order valence-electron chi connectivity index (χ0n) is 17.5. The second kappa shape index (κ2) is 11.0. The van der Waals surface area contributed by atoms with Gasteiger partial charge in [-0.15, -0.1) is 11.8 Å². The number of nitrogen functional groups attached to an aromatic ring is 1. The zero-order chi connectivity index (χ0) is 24.9. The van der Waals surface area contributed by atoms with Gasteiger partial charge in [-0.3, -0.25) is 9.59 Å². The molecule has 0 aliphatic carbocycles. The number of thioether (sulfide) groups is 1. The Morgan fingerprint density at radius 2 is 1.88 bits per heavy atom. The van der Waals surface area contributed by atoms with Crippen LogP contribution < -0.4 is 16.4 Å². The van der Waals surface area contributed by atoms with Crippen LogP contribution in [0.5, 0.6) is 0 Å². The van der Waals surface area contributed by atoms with Gasteiger partial charge in [-0.05, 0) is 19.9 Å². The van der Waals surface area contributed by atoms with Crippen molar-refractivity contribution in [3.05, 3.63) is 50.9 Å². The topological polar surface area (TPSA) is 123 Å². The van der Waals surface area contributed by atoms with E-state index in [1.165, 1.54) is 6.08 Å². The lowest BCUT2D eigenvalue weighted by molar-refractivity contribution is -0.137. The fourth-order valence-corrected chi connectivity index (χ4v) is 3.75. The molecule has 2 rings (SSSR count). The number of nitrogens with zero attached hydrogens (tertiary/aromatic N) is 3. The quantitative estimate of drug-likeness (QED) is 0.455. The summed E-state index contributed by atoms with van der Waals surface area (Å²) in [6.07, 6.45) is -1.28. The molecule has 0 aliphatic rings. The predicted molar refractivity (Wildman–Crippen MR) is 122 cm³/mol. The minimum atomic E-state index is -4.70. The fraction of sp³-hybridized carbons (Fsp3) is 0.316. The Labute approximate surface area is 201 Å². The zero-order valence-corrected chi connectivity index (χ0v) is 19.8. The number of carbonyl (C=O) groups is 2. The van der Waals surface area contributed by atoms with Crippen LogP contribution in [0.1, 0.15) is 36.8 Å². The SMILES string of the molecule is C/C=C(\SC(C)C(C)NC(=O)c1ncnc(N)c1Cl)C(=O)Nc1cc(C(F)(F)F)c(Cl)cn1. The third-order valence-corrected chi connectivity index (χ3v) is 6.42. The Hall–Kier alpha value is -2.57. The maximum Gasteiger partial charge on any atom is 0.418 e. The fourth-order valence-electron chi connectivity index (χ4n) is 2.39. The lowest BCUT2D eigenvalue weighted by Crippen LogP contribution is -2.39. The standard InChI is InChI=1S/C19H19Cl2F3N6O2S/c1-4-12(17(31)30-13-5-10(19(22,23)24)11(20)6-26-13)33-9(3)8(2)29-18(32)15-14(21)16(25)28-7-27-15/h4-9H,1-3H3,(H,29,32)(H2,25,27,28)(H,26,30,31)/b12-4-. The lowest BCUT2D eigenvalue weighted by atomic mass is 10.2. The summed E-state index contributed by atoms with van der Waals surface area (Å²) < 4.78 is 39.1. The summed E-state index contributed by atoms with van der Waals surface area (Å²) in [5.74, 6) is -1.58. The van der Waals surface area contributed by atoms with E-state index in [4.69, 9.17) is 28.9 Å². The third-order valence-electron chi connectivity index (χ3n) is 4.30. The second-order valence-electron chi connectivity index (χ2n) is 6.66. The summed E-state index contributed by atoms with van der Waals surface area (Å²) in [6.45, 7) is 5.05. The van der Waals surface area contributed by atoms with Crippen LogP contribution in [-0.2, 0) is 11.0 Å². The van der Waals surface area contributed by atoms with E-state index in [2.05, 4.69) is 25.6 Å². The monoisotopic (exact) mass is 522 g/mol. The number of pyridine rings is 1. The summed E-state index contributed by atoms with van der Waals surface area (Å²) in [4.78, 5) is 36.5. The summed E-state index contributed by atoms with van der Waals surface area (Å²) in [7, 11) is 0. The molecule has 8 nitrogen and oxygen atoms in total. The molecule has 2 atom stereocenters. The van der Waals surface area contributed by atoms with E-state index in [0.717, 1.165) is 24.3 Å². The number of aromatic nitrogens is 3. The molecule has 33 heavy (non-hydrogen) atoms. The number of halogens is 5. The van der Waals surface area contributed by atoms with Crippen LogP contribution in [0.25, 0.3) is 0 Å². The van der Waals surface area contributed by atoms with Crippen molar-refractivity contribution < 1.29 is 22.8 Å². The summed E-state index contributed by atoms with van der Waals surface area (Å²) >= 11 is 12.6. The van der Waals surface area contributed by atoms with Gasteiger partial charge in [-0.2, -0.15) is 13.2 Å². The van der Waals surface area contributed by atoms with Crippen LogP contribution in [0.2, 0.25) is 10.0 Å². The molecule has 0 fully saturated rings. The highest BCUT2D eigenvalue weighted by Gasteiger charge is 2.34. The van der Waals surface area contributed by atoms with E-state index in [9.17, 15) is 22.8 Å². The first-order valence-electron chi connectivity index (χ1n) is 9.29. The van der Waals surface area contributed by atoms with Crippen molar-refractivity contribution in [3.63, 3.8) is 0 Å². The summed E-state index contributed by atoms with van der Waals surface area (Å²) in [5, 5.41) is 4.05. The van der Waals surface area contributed by atoms with Crippen molar-refractivity contribution in [1.29, 1.82) is 0 Å². The number of hydrogen-bond acceptors (Lipinski definition) is 7. The van der Waals surface area contributed by atoms with E-state index in [1.807, 2.05) is 0 Å². The van der Waals surface area contributed by atoms with Crippen molar-refractivity contribution in [2.24, 2.45) is 0 Å². The van der Waals surface area contributed by atoms with E-state index in [1.54, 1.807) is 20.8 Å². The van der Waals surface area contributed by atoms with Crippen LogP contribution >= 0.6 is 35.0 Å². The Kier molecular flexibility index (Phi) is 8.92. The number of nitrogens with one attached hydrogen (secondary N) is 2. The molecule has 0 aliphatic heterocycles. The van der Waals surface area contributed by atoms with Crippen LogP contribution in [0.15, 0.2) is 29.6 Å². The molecule has 0 saturated heterocycles. The number of nitrogens with two attached hydrogens (primary N) is 1. The molecule has 0 bridgehead atoms. The van der Waals surface area contributed by atoms with Crippen LogP contribution in [-0.4, -0.2) is 38.1 Å². The Morgan fingerprint density at radius 3 is 2.48 bits per heavy atom. The molecule has 2 amide bonds. The Morgan fingerprint density at radius 1 is 1.21 bits per heavy atom. The van der Waals surface area contributed by atoms with Gasteiger partial charge in [0, 0.05) is 17.5 Å². The normalized spacial score (nSPS) is 13.9. The third kappa shape index (κ3) is 6.95. The predicted octanol–water partition coefficient (Wildman–Crippen LogP) is 4.56. The second-order valence-corrected chi connectivity index (χ2v) is 8.87. The number of alkyl halides is 3. The largest absolute Gasteiger partial charge is 0.418 e. The van der Waals surface area contributed by atoms with Crippen molar-refractivity contribution in [1.82, 2.24) is 20.3 Å². The maximum absolute atomic E-state index is 13.0. The van der Waals surface area contributed by atoms with Gasteiger partial charge in [-0.25, -0.2) is 15.0 Å². The number of allylic oxidation sites excluding steroid dienone is 1. The lowest BCUT2D eigenvalue weighted by Gasteiger charge is -2.22. The highest BCUT2D eigenvalue weighted by molar-refractivity contribution is 8.04. The van der Waals surface area contributed by atoms with E-state index >= 15 is 0 Å². The van der Waals surface area contributed by atoms with Crippen LogP contribution in [0.4, 0.5) is 24.8 Å². The number of hydrogen-bond donors (Lipinski definition) is 3.